The zero-order valence-corrected chi connectivity index (χ0v) is 5.84. The van der Waals surface area contributed by atoms with Crippen LogP contribution in [0.25, 0.3) is 0 Å². The van der Waals surface area contributed by atoms with Crippen molar-refractivity contribution in [2.45, 2.75) is 0 Å². The van der Waals surface area contributed by atoms with Gasteiger partial charge in [-0.2, -0.15) is 0 Å². The Hall–Kier alpha value is -0.380. The Balaban J connectivity index is 3.04. The van der Waals surface area contributed by atoms with Gasteiger partial charge in [-0.1, -0.05) is 6.08 Å². The van der Waals surface area contributed by atoms with Gasteiger partial charge in [0.05, 0.1) is 6.61 Å². The molecule has 0 aromatic heterocycles. The fourth-order valence-electron chi connectivity index (χ4n) is 0.520. The molecule has 2 N–H and O–H groups in total. The summed E-state index contributed by atoms with van der Waals surface area (Å²) in [6.45, 7) is 5.90. The highest BCUT2D eigenvalue weighted by atomic mass is 16.6. The monoisotopic (exact) mass is 130 g/mol. The first-order valence-electron chi connectivity index (χ1n) is 2.92. The van der Waals surface area contributed by atoms with Crippen LogP contribution in [-0.2, 0) is 4.84 Å². The molecule has 0 fully saturated rings. The molecule has 9 heavy (non-hydrogen) atoms. The van der Waals surface area contributed by atoms with E-state index in [1.54, 1.807) is 0 Å². The predicted octanol–water partition coefficient (Wildman–Crippen LogP) is -0.00550. The van der Waals surface area contributed by atoms with Crippen LogP contribution in [-0.4, -0.2) is 31.6 Å². The second kappa shape index (κ2) is 5.75. The van der Waals surface area contributed by atoms with Crippen molar-refractivity contribution in [1.29, 1.82) is 0 Å². The molecular weight excluding hydrogens is 116 g/mol. The fraction of sp³-hybridized carbons (Fsp3) is 0.667. The van der Waals surface area contributed by atoms with E-state index in [1.165, 1.54) is 0 Å². The zero-order valence-electron chi connectivity index (χ0n) is 5.84. The average molecular weight is 130 g/mol. The molecule has 0 amide bonds. The smallest absolute Gasteiger partial charge is 0.0806 e. The van der Waals surface area contributed by atoms with Crippen molar-refractivity contribution < 1.29 is 4.84 Å². The number of hydrogen-bond donors (Lipinski definition) is 1. The van der Waals surface area contributed by atoms with Gasteiger partial charge in [0, 0.05) is 13.1 Å². The lowest BCUT2D eigenvalue weighted by atomic mass is 10.5. The van der Waals surface area contributed by atoms with Crippen LogP contribution in [0.3, 0.4) is 0 Å². The molecule has 54 valence electrons. The van der Waals surface area contributed by atoms with Gasteiger partial charge in [0.15, 0.2) is 0 Å². The summed E-state index contributed by atoms with van der Waals surface area (Å²) in [4.78, 5) is 6.45. The summed E-state index contributed by atoms with van der Waals surface area (Å²) < 4.78 is 0. The van der Waals surface area contributed by atoms with Crippen LogP contribution < -0.4 is 5.90 Å². The first kappa shape index (κ1) is 8.62. The Labute approximate surface area is 56.0 Å². The molecule has 0 aromatic rings. The van der Waals surface area contributed by atoms with Gasteiger partial charge in [0.25, 0.3) is 0 Å². The highest BCUT2D eigenvalue weighted by Gasteiger charge is 1.91. The van der Waals surface area contributed by atoms with Crippen molar-refractivity contribution >= 4 is 0 Å². The maximum absolute atomic E-state index is 4.82. The standard InChI is InChI=1S/C6H14N2O/c1-3-4-8(2)5-6-9-7/h3H,1,4-7H2,2H3. The van der Waals surface area contributed by atoms with E-state index in [-0.39, 0.29) is 0 Å². The van der Waals surface area contributed by atoms with Crippen molar-refractivity contribution in [1.82, 2.24) is 4.90 Å². The van der Waals surface area contributed by atoms with Crippen LogP contribution in [0.5, 0.6) is 0 Å². The minimum Gasteiger partial charge on any atom is -0.303 e. The van der Waals surface area contributed by atoms with Gasteiger partial charge in [0.2, 0.25) is 0 Å². The normalized spacial score (nSPS) is 10.1. The maximum atomic E-state index is 4.82. The Morgan fingerprint density at radius 1 is 1.78 bits per heavy atom. The van der Waals surface area contributed by atoms with Crippen molar-refractivity contribution in [3.05, 3.63) is 12.7 Å². The van der Waals surface area contributed by atoms with E-state index in [0.29, 0.717) is 6.61 Å². The largest absolute Gasteiger partial charge is 0.303 e. The van der Waals surface area contributed by atoms with Gasteiger partial charge in [-0.05, 0) is 7.05 Å². The molecule has 0 aromatic carbocycles. The molecule has 0 bridgehead atoms. The van der Waals surface area contributed by atoms with Crippen molar-refractivity contribution in [2.75, 3.05) is 26.7 Å². The van der Waals surface area contributed by atoms with E-state index in [9.17, 15) is 0 Å². The molecule has 3 heteroatoms. The molecule has 0 radical (unpaired) electrons. The molecule has 0 aliphatic carbocycles. The van der Waals surface area contributed by atoms with E-state index in [2.05, 4.69) is 16.3 Å². The molecule has 0 saturated heterocycles. The molecule has 3 nitrogen and oxygen atoms in total. The number of nitrogens with zero attached hydrogens (tertiary/aromatic N) is 1. The summed E-state index contributed by atoms with van der Waals surface area (Å²) in [6.07, 6.45) is 1.84. The third-order valence-electron chi connectivity index (χ3n) is 1.03. The number of hydrogen-bond acceptors (Lipinski definition) is 3. The fourth-order valence-corrected chi connectivity index (χ4v) is 0.520. The maximum Gasteiger partial charge on any atom is 0.0806 e. The van der Waals surface area contributed by atoms with Crippen LogP contribution in [0.4, 0.5) is 0 Å². The van der Waals surface area contributed by atoms with E-state index in [1.807, 2.05) is 13.1 Å². The van der Waals surface area contributed by atoms with Crippen molar-refractivity contribution in [2.24, 2.45) is 5.90 Å². The zero-order chi connectivity index (χ0) is 7.11. The first-order valence-corrected chi connectivity index (χ1v) is 2.92. The molecule has 0 unspecified atom stereocenters. The Kier molecular flexibility index (Phi) is 5.51. The summed E-state index contributed by atoms with van der Waals surface area (Å²) in [7, 11) is 1.99. The van der Waals surface area contributed by atoms with Crippen molar-refractivity contribution in [3.8, 4) is 0 Å². The topological polar surface area (TPSA) is 38.5 Å². The second-order valence-corrected chi connectivity index (χ2v) is 1.92. The predicted molar refractivity (Wildman–Crippen MR) is 37.8 cm³/mol. The van der Waals surface area contributed by atoms with Gasteiger partial charge >= 0.3 is 0 Å². The van der Waals surface area contributed by atoms with Gasteiger partial charge < -0.3 is 9.74 Å². The van der Waals surface area contributed by atoms with Crippen LogP contribution in [0.2, 0.25) is 0 Å². The summed E-state index contributed by atoms with van der Waals surface area (Å²) in [6, 6.07) is 0. The van der Waals surface area contributed by atoms with Crippen LogP contribution in [0.15, 0.2) is 12.7 Å². The Morgan fingerprint density at radius 2 is 2.44 bits per heavy atom. The molecule has 0 heterocycles. The molecule has 0 rings (SSSR count). The minimum absolute atomic E-state index is 0.574. The highest BCUT2D eigenvalue weighted by Crippen LogP contribution is 1.80. The van der Waals surface area contributed by atoms with E-state index < -0.39 is 0 Å². The lowest BCUT2D eigenvalue weighted by molar-refractivity contribution is 0.117. The van der Waals surface area contributed by atoms with Crippen LogP contribution in [0.1, 0.15) is 0 Å². The summed E-state index contributed by atoms with van der Waals surface area (Å²) >= 11 is 0. The van der Waals surface area contributed by atoms with Gasteiger partial charge in [-0.25, -0.2) is 5.90 Å². The highest BCUT2D eigenvalue weighted by molar-refractivity contribution is 4.70. The Bertz CT molecular complexity index is 75.5. The molecule has 0 aliphatic heterocycles. The van der Waals surface area contributed by atoms with E-state index in [0.717, 1.165) is 13.1 Å². The third kappa shape index (κ3) is 5.49. The Morgan fingerprint density at radius 3 is 2.89 bits per heavy atom. The number of likely N-dealkylation sites (N-methyl/N-ethyl adjacent to an activating group) is 1. The third-order valence-corrected chi connectivity index (χ3v) is 1.03. The number of rotatable bonds is 5. The number of nitrogens with two attached hydrogens (primary N) is 1. The average Bonchev–Trinajstić information content (AvgIpc) is 1.85. The van der Waals surface area contributed by atoms with Gasteiger partial charge in [-0.3, -0.25) is 0 Å². The molecule has 0 atom stereocenters. The van der Waals surface area contributed by atoms with E-state index in [4.69, 9.17) is 5.90 Å². The quantitative estimate of drug-likeness (QED) is 0.420. The van der Waals surface area contributed by atoms with Gasteiger partial charge in [0.1, 0.15) is 0 Å². The lowest BCUT2D eigenvalue weighted by Gasteiger charge is -2.11. The molecule has 0 aliphatic rings. The SMILES string of the molecule is C=CCN(C)CCON. The summed E-state index contributed by atoms with van der Waals surface area (Å²) in [5.41, 5.74) is 0. The molecule has 0 spiro atoms. The minimum atomic E-state index is 0.574. The molecular formula is C6H14N2O. The lowest BCUT2D eigenvalue weighted by Crippen LogP contribution is -2.24. The van der Waals surface area contributed by atoms with Crippen LogP contribution >= 0.6 is 0 Å². The van der Waals surface area contributed by atoms with Gasteiger partial charge in [-0.15, -0.1) is 6.58 Å². The van der Waals surface area contributed by atoms with Crippen molar-refractivity contribution in [3.63, 3.8) is 0 Å². The summed E-state index contributed by atoms with van der Waals surface area (Å²) in [5, 5.41) is 0. The van der Waals surface area contributed by atoms with Crippen LogP contribution in [0, 0.1) is 0 Å². The first-order chi connectivity index (χ1) is 4.31. The van der Waals surface area contributed by atoms with E-state index >= 15 is 0 Å². The summed E-state index contributed by atoms with van der Waals surface area (Å²) in [5.74, 6) is 4.82. The second-order valence-electron chi connectivity index (χ2n) is 1.92. The molecule has 0 saturated carbocycles.